The van der Waals surface area contributed by atoms with Crippen molar-refractivity contribution in [3.8, 4) is 0 Å². The molecule has 7 heteroatoms. The van der Waals surface area contributed by atoms with E-state index in [9.17, 15) is 4.79 Å². The number of ether oxygens (including phenoxy) is 1. The molecule has 3 atom stereocenters. The Balaban J connectivity index is 0.00000225. The van der Waals surface area contributed by atoms with Gasteiger partial charge in [-0.1, -0.05) is 30.3 Å². The zero-order valence-electron chi connectivity index (χ0n) is 16.9. The van der Waals surface area contributed by atoms with Crippen LogP contribution in [0.3, 0.4) is 0 Å². The molecule has 0 spiro atoms. The Hall–Kier alpha value is -1.51. The first-order valence-corrected chi connectivity index (χ1v) is 9.98. The number of fused-ring (bicyclic) bond motifs is 1. The molecule has 28 heavy (non-hydrogen) atoms. The molecule has 0 radical (unpaired) electrons. The largest absolute Gasteiger partial charge is 0.444 e. The summed E-state index contributed by atoms with van der Waals surface area (Å²) in [7, 11) is 0. The Labute approximate surface area is 184 Å². The zero-order valence-corrected chi connectivity index (χ0v) is 19.3. The number of piperazine rings is 1. The van der Waals surface area contributed by atoms with E-state index in [2.05, 4.69) is 40.5 Å². The number of guanidine groups is 1. The van der Waals surface area contributed by atoms with Gasteiger partial charge < -0.3 is 19.9 Å². The van der Waals surface area contributed by atoms with Gasteiger partial charge in [-0.3, -0.25) is 4.99 Å². The third-order valence-corrected chi connectivity index (χ3v) is 5.53. The molecule has 3 aliphatic rings. The molecule has 1 aliphatic carbocycles. The van der Waals surface area contributed by atoms with Gasteiger partial charge in [-0.2, -0.15) is 0 Å². The first-order valence-electron chi connectivity index (χ1n) is 9.98. The van der Waals surface area contributed by atoms with E-state index in [-0.39, 0.29) is 36.1 Å². The Morgan fingerprint density at radius 1 is 1.25 bits per heavy atom. The number of hydrogen-bond acceptors (Lipinski definition) is 5. The molecule has 154 valence electrons. The summed E-state index contributed by atoms with van der Waals surface area (Å²) < 4.78 is 5.51. The fraction of sp³-hybridized carbons (Fsp3) is 0.619. The lowest BCUT2D eigenvalue weighted by molar-refractivity contribution is 0.0137. The first-order chi connectivity index (χ1) is 12.9. The number of amides is 1. The van der Waals surface area contributed by atoms with Gasteiger partial charge in [0.15, 0.2) is 5.96 Å². The molecule has 0 aromatic heterocycles. The predicted molar refractivity (Wildman–Crippen MR) is 121 cm³/mol. The highest BCUT2D eigenvalue weighted by Crippen LogP contribution is 2.46. The van der Waals surface area contributed by atoms with Crippen molar-refractivity contribution in [2.45, 2.75) is 44.8 Å². The second-order valence-electron chi connectivity index (χ2n) is 8.83. The summed E-state index contributed by atoms with van der Waals surface area (Å²) in [4.78, 5) is 21.1. The topological polar surface area (TPSA) is 57.2 Å². The summed E-state index contributed by atoms with van der Waals surface area (Å²) >= 11 is 0. The molecule has 1 amide bonds. The van der Waals surface area contributed by atoms with E-state index in [0.29, 0.717) is 24.9 Å². The number of nitrogens with zero attached hydrogens (tertiary/aromatic N) is 3. The van der Waals surface area contributed by atoms with Crippen molar-refractivity contribution in [1.29, 1.82) is 0 Å². The summed E-state index contributed by atoms with van der Waals surface area (Å²) in [5, 5.41) is 3.57. The van der Waals surface area contributed by atoms with Crippen LogP contribution in [0, 0.1) is 5.92 Å². The van der Waals surface area contributed by atoms with Crippen molar-refractivity contribution in [2.75, 3.05) is 32.7 Å². The van der Waals surface area contributed by atoms with Gasteiger partial charge in [0.2, 0.25) is 0 Å². The molecule has 2 heterocycles. The first kappa shape index (κ1) is 21.2. The van der Waals surface area contributed by atoms with Crippen LogP contribution in [-0.2, 0) is 4.74 Å². The molecule has 4 rings (SSSR count). The maximum Gasteiger partial charge on any atom is 0.410 e. The third kappa shape index (κ3) is 4.90. The molecule has 0 bridgehead atoms. The Morgan fingerprint density at radius 2 is 2.00 bits per heavy atom. The Bertz CT molecular complexity index is 719. The fourth-order valence-electron chi connectivity index (χ4n) is 4.03. The molecule has 1 aromatic carbocycles. The van der Waals surface area contributed by atoms with Crippen molar-refractivity contribution >= 4 is 36.0 Å². The second kappa shape index (κ2) is 8.47. The van der Waals surface area contributed by atoms with E-state index < -0.39 is 5.60 Å². The summed E-state index contributed by atoms with van der Waals surface area (Å²) in [5.74, 6) is 2.38. The summed E-state index contributed by atoms with van der Waals surface area (Å²) in [6, 6.07) is 11.0. The number of benzene rings is 1. The van der Waals surface area contributed by atoms with E-state index in [0.717, 1.165) is 25.6 Å². The lowest BCUT2D eigenvalue weighted by Gasteiger charge is -2.39. The minimum atomic E-state index is -0.452. The second-order valence-corrected chi connectivity index (χ2v) is 8.83. The van der Waals surface area contributed by atoms with Crippen LogP contribution < -0.4 is 5.32 Å². The fourth-order valence-corrected chi connectivity index (χ4v) is 4.03. The number of aliphatic imine (C=N–C) groups is 1. The van der Waals surface area contributed by atoms with E-state index in [1.54, 1.807) is 0 Å². The highest BCUT2D eigenvalue weighted by atomic mass is 127. The van der Waals surface area contributed by atoms with Crippen molar-refractivity contribution in [2.24, 2.45) is 10.9 Å². The van der Waals surface area contributed by atoms with Gasteiger partial charge in [0.1, 0.15) is 5.60 Å². The molecular weight excluding hydrogens is 467 g/mol. The van der Waals surface area contributed by atoms with Gasteiger partial charge in [0, 0.05) is 26.2 Å². The minimum Gasteiger partial charge on any atom is -0.444 e. The monoisotopic (exact) mass is 498 g/mol. The number of halogens is 1. The number of hydrogen-bond donors (Lipinski definition) is 1. The normalized spacial score (nSPS) is 26.1. The van der Waals surface area contributed by atoms with Crippen LogP contribution >= 0.6 is 24.0 Å². The van der Waals surface area contributed by atoms with Crippen LogP contribution in [0.2, 0.25) is 0 Å². The van der Waals surface area contributed by atoms with Crippen LogP contribution in [-0.4, -0.2) is 66.2 Å². The van der Waals surface area contributed by atoms with Crippen molar-refractivity contribution < 1.29 is 9.53 Å². The lowest BCUT2D eigenvalue weighted by Crippen LogP contribution is -2.57. The summed E-state index contributed by atoms with van der Waals surface area (Å²) in [6.45, 7) is 9.60. The van der Waals surface area contributed by atoms with Gasteiger partial charge >= 0.3 is 6.09 Å². The van der Waals surface area contributed by atoms with Gasteiger partial charge in [0.05, 0.1) is 12.6 Å². The standard InChI is InChI=1S/C21H30N4O2.HI/c1-21(2,3)27-20(26)24-9-10-25-17(14-24)13-23-19(25)22-12-16-11-18(16)15-7-5-4-6-8-15;/h4-8,16-18H,9-14H2,1-3H3,(H,22,23);1H. The molecule has 2 aliphatic heterocycles. The van der Waals surface area contributed by atoms with Crippen LogP contribution in [0.5, 0.6) is 0 Å². The van der Waals surface area contributed by atoms with Crippen molar-refractivity contribution in [3.63, 3.8) is 0 Å². The number of carbonyl (C=O) groups excluding carboxylic acids is 1. The minimum absolute atomic E-state index is 0. The van der Waals surface area contributed by atoms with Gasteiger partial charge in [-0.15, -0.1) is 24.0 Å². The molecule has 6 nitrogen and oxygen atoms in total. The maximum atomic E-state index is 12.3. The highest BCUT2D eigenvalue weighted by Gasteiger charge is 2.40. The van der Waals surface area contributed by atoms with Gasteiger partial charge in [0.25, 0.3) is 0 Å². The molecule has 1 aromatic rings. The van der Waals surface area contributed by atoms with Crippen LogP contribution in [0.15, 0.2) is 35.3 Å². The molecule has 3 unspecified atom stereocenters. The van der Waals surface area contributed by atoms with E-state index in [4.69, 9.17) is 9.73 Å². The van der Waals surface area contributed by atoms with Crippen molar-refractivity contribution in [1.82, 2.24) is 15.1 Å². The number of nitrogens with one attached hydrogen (secondary N) is 1. The Kier molecular flexibility index (Phi) is 6.41. The predicted octanol–water partition coefficient (Wildman–Crippen LogP) is 3.29. The molecular formula is C21H31IN4O2. The van der Waals surface area contributed by atoms with E-state index in [1.807, 2.05) is 25.7 Å². The van der Waals surface area contributed by atoms with Crippen molar-refractivity contribution in [3.05, 3.63) is 35.9 Å². The number of carbonyl (C=O) groups is 1. The smallest absolute Gasteiger partial charge is 0.410 e. The number of rotatable bonds is 3. The third-order valence-electron chi connectivity index (χ3n) is 5.53. The van der Waals surface area contributed by atoms with Crippen LogP contribution in [0.25, 0.3) is 0 Å². The Morgan fingerprint density at radius 3 is 2.71 bits per heavy atom. The summed E-state index contributed by atoms with van der Waals surface area (Å²) in [5.41, 5.74) is 0.994. The van der Waals surface area contributed by atoms with Crippen LogP contribution in [0.1, 0.15) is 38.7 Å². The van der Waals surface area contributed by atoms with E-state index in [1.165, 1.54) is 12.0 Å². The molecule has 1 saturated carbocycles. The molecule has 1 saturated heterocycles. The van der Waals surface area contributed by atoms with Gasteiger partial charge in [-0.05, 0) is 44.6 Å². The quantitative estimate of drug-likeness (QED) is 0.651. The maximum absolute atomic E-state index is 12.3. The SMILES string of the molecule is CC(C)(C)OC(=O)N1CCN2C(NCC3CC3c3ccccc3)=NCC2C1.I. The van der Waals surface area contributed by atoms with E-state index >= 15 is 0 Å². The van der Waals surface area contributed by atoms with Gasteiger partial charge in [-0.25, -0.2) is 4.79 Å². The summed E-state index contributed by atoms with van der Waals surface area (Å²) in [6.07, 6.45) is 1.03. The average molecular weight is 498 g/mol. The molecule has 1 N–H and O–H groups in total. The zero-order chi connectivity index (χ0) is 19.0. The molecule has 2 fully saturated rings. The average Bonchev–Trinajstić information content (AvgIpc) is 3.30. The highest BCUT2D eigenvalue weighted by molar-refractivity contribution is 14.0. The van der Waals surface area contributed by atoms with Crippen LogP contribution in [0.4, 0.5) is 4.79 Å². The lowest BCUT2D eigenvalue weighted by atomic mass is 10.1.